The lowest BCUT2D eigenvalue weighted by atomic mass is 9.72. The Balaban J connectivity index is 1.46. The first-order valence-corrected chi connectivity index (χ1v) is 10.3. The Morgan fingerprint density at radius 2 is 1.83 bits per heavy atom. The number of aromatic nitrogens is 1. The molecule has 0 aliphatic heterocycles. The van der Waals surface area contributed by atoms with Crippen LogP contribution in [0, 0.1) is 11.3 Å². The Morgan fingerprint density at radius 1 is 1.10 bits per heavy atom. The number of rotatable bonds is 4. The van der Waals surface area contributed by atoms with Gasteiger partial charge in [0.25, 0.3) is 5.91 Å². The first kappa shape index (κ1) is 20.0. The highest BCUT2D eigenvalue weighted by atomic mass is 79.9. The number of amides is 1. The van der Waals surface area contributed by atoms with Crippen LogP contribution < -0.4 is 5.32 Å². The van der Waals surface area contributed by atoms with E-state index in [0.29, 0.717) is 42.8 Å². The molecule has 1 aliphatic carbocycles. The topological polar surface area (TPSA) is 96.0 Å². The van der Waals surface area contributed by atoms with E-state index in [2.05, 4.69) is 32.3 Å². The standard InChI is InChI=1S/C23H18BrN3O3/c24-16-3-1-15(2-4-16)19-6-7-20(30-19)22(29)27-17-5-8-21(26-13-17)23(14-25)11-9-18(28)10-12-23/h1-8,13H,9-12H2,(H,27,29). The van der Waals surface area contributed by atoms with Crippen LogP contribution in [-0.4, -0.2) is 16.7 Å². The van der Waals surface area contributed by atoms with E-state index < -0.39 is 5.41 Å². The van der Waals surface area contributed by atoms with Gasteiger partial charge in [0, 0.05) is 22.9 Å². The summed E-state index contributed by atoms with van der Waals surface area (Å²) in [4.78, 5) is 28.4. The van der Waals surface area contributed by atoms with Crippen LogP contribution >= 0.6 is 15.9 Å². The van der Waals surface area contributed by atoms with E-state index in [0.717, 1.165) is 10.0 Å². The van der Waals surface area contributed by atoms with E-state index >= 15 is 0 Å². The van der Waals surface area contributed by atoms with Gasteiger partial charge in [-0.1, -0.05) is 28.1 Å². The van der Waals surface area contributed by atoms with Crippen LogP contribution in [0.1, 0.15) is 41.9 Å². The number of benzene rings is 1. The van der Waals surface area contributed by atoms with Crippen LogP contribution in [0.3, 0.4) is 0 Å². The molecule has 0 radical (unpaired) electrons. The van der Waals surface area contributed by atoms with Gasteiger partial charge >= 0.3 is 0 Å². The number of Topliss-reactive ketones (excluding diaryl/α,β-unsaturated/α-hetero) is 1. The fraction of sp³-hybridized carbons (Fsp3) is 0.217. The van der Waals surface area contributed by atoms with Gasteiger partial charge in [-0.05, 0) is 49.2 Å². The molecule has 1 fully saturated rings. The molecule has 0 saturated heterocycles. The molecule has 0 bridgehead atoms. The molecule has 0 spiro atoms. The summed E-state index contributed by atoms with van der Waals surface area (Å²) < 4.78 is 6.65. The molecule has 1 saturated carbocycles. The smallest absolute Gasteiger partial charge is 0.291 e. The van der Waals surface area contributed by atoms with E-state index in [1.807, 2.05) is 24.3 Å². The van der Waals surface area contributed by atoms with Crippen molar-refractivity contribution in [1.29, 1.82) is 5.26 Å². The molecule has 1 amide bonds. The Labute approximate surface area is 182 Å². The minimum atomic E-state index is -0.739. The summed E-state index contributed by atoms with van der Waals surface area (Å²) in [5, 5.41) is 12.4. The quantitative estimate of drug-likeness (QED) is 0.568. The van der Waals surface area contributed by atoms with Crippen molar-refractivity contribution in [2.45, 2.75) is 31.1 Å². The molecule has 2 heterocycles. The molecule has 0 unspecified atom stereocenters. The van der Waals surface area contributed by atoms with Crippen molar-refractivity contribution in [3.8, 4) is 17.4 Å². The minimum Gasteiger partial charge on any atom is -0.451 e. The molecule has 4 rings (SSSR count). The Hall–Kier alpha value is -3.24. The first-order chi connectivity index (χ1) is 14.5. The molecule has 7 heteroatoms. The maximum Gasteiger partial charge on any atom is 0.291 e. The van der Waals surface area contributed by atoms with Gasteiger partial charge in [-0.25, -0.2) is 0 Å². The third-order valence-corrected chi connectivity index (χ3v) is 5.87. The van der Waals surface area contributed by atoms with Crippen molar-refractivity contribution < 1.29 is 14.0 Å². The molecular formula is C23H18BrN3O3. The maximum absolute atomic E-state index is 12.5. The number of nitrogens with zero attached hydrogens (tertiary/aromatic N) is 2. The number of halogens is 1. The number of nitriles is 1. The van der Waals surface area contributed by atoms with E-state index in [1.54, 1.807) is 24.3 Å². The van der Waals surface area contributed by atoms with Crippen LogP contribution in [0.5, 0.6) is 0 Å². The fourth-order valence-electron chi connectivity index (χ4n) is 3.55. The number of hydrogen-bond donors (Lipinski definition) is 1. The number of pyridine rings is 1. The number of carbonyl (C=O) groups is 2. The summed E-state index contributed by atoms with van der Waals surface area (Å²) in [5.41, 5.74) is 1.27. The SMILES string of the molecule is N#CC1(c2ccc(NC(=O)c3ccc(-c4ccc(Br)cc4)o3)cn2)CCC(=O)CC1. The zero-order chi connectivity index (χ0) is 21.1. The number of furan rings is 1. The monoisotopic (exact) mass is 463 g/mol. The molecule has 3 aromatic rings. The number of ketones is 1. The molecule has 30 heavy (non-hydrogen) atoms. The fourth-order valence-corrected chi connectivity index (χ4v) is 3.82. The molecule has 150 valence electrons. The van der Waals surface area contributed by atoms with Crippen molar-refractivity contribution in [2.24, 2.45) is 0 Å². The van der Waals surface area contributed by atoms with Crippen LogP contribution in [0.25, 0.3) is 11.3 Å². The third-order valence-electron chi connectivity index (χ3n) is 5.35. The average molecular weight is 464 g/mol. The van der Waals surface area contributed by atoms with Gasteiger partial charge in [-0.3, -0.25) is 14.6 Å². The largest absolute Gasteiger partial charge is 0.451 e. The van der Waals surface area contributed by atoms with Gasteiger partial charge in [0.1, 0.15) is 17.0 Å². The highest BCUT2D eigenvalue weighted by molar-refractivity contribution is 9.10. The van der Waals surface area contributed by atoms with Crippen molar-refractivity contribution in [1.82, 2.24) is 4.98 Å². The number of nitrogens with one attached hydrogen (secondary N) is 1. The van der Waals surface area contributed by atoms with Crippen LogP contribution in [-0.2, 0) is 10.2 Å². The normalized spacial score (nSPS) is 15.4. The summed E-state index contributed by atoms with van der Waals surface area (Å²) in [7, 11) is 0. The maximum atomic E-state index is 12.5. The van der Waals surface area contributed by atoms with E-state index in [-0.39, 0.29) is 17.5 Å². The van der Waals surface area contributed by atoms with Crippen LogP contribution in [0.4, 0.5) is 5.69 Å². The highest BCUT2D eigenvalue weighted by Crippen LogP contribution is 2.37. The molecule has 0 atom stereocenters. The molecule has 2 aromatic heterocycles. The molecule has 1 aromatic carbocycles. The zero-order valence-corrected chi connectivity index (χ0v) is 17.6. The molecule has 1 aliphatic rings. The lowest BCUT2D eigenvalue weighted by molar-refractivity contribution is -0.121. The number of hydrogen-bond acceptors (Lipinski definition) is 5. The second kappa shape index (κ2) is 8.25. The lowest BCUT2D eigenvalue weighted by Crippen LogP contribution is -2.31. The first-order valence-electron chi connectivity index (χ1n) is 9.56. The van der Waals surface area contributed by atoms with E-state index in [1.165, 1.54) is 6.20 Å². The molecular weight excluding hydrogens is 446 g/mol. The Morgan fingerprint density at radius 3 is 2.47 bits per heavy atom. The van der Waals surface area contributed by atoms with Crippen molar-refractivity contribution >= 4 is 33.3 Å². The summed E-state index contributed by atoms with van der Waals surface area (Å²) in [6, 6.07) is 16.8. The third kappa shape index (κ3) is 4.05. The summed E-state index contributed by atoms with van der Waals surface area (Å²) >= 11 is 3.39. The van der Waals surface area contributed by atoms with E-state index in [9.17, 15) is 14.9 Å². The van der Waals surface area contributed by atoms with Gasteiger partial charge in [-0.15, -0.1) is 0 Å². The minimum absolute atomic E-state index is 0.186. The predicted molar refractivity (Wildman–Crippen MR) is 115 cm³/mol. The van der Waals surface area contributed by atoms with Crippen molar-refractivity contribution in [3.05, 3.63) is 70.7 Å². The average Bonchev–Trinajstić information content (AvgIpc) is 3.26. The Kier molecular flexibility index (Phi) is 5.51. The zero-order valence-electron chi connectivity index (χ0n) is 16.0. The second-order valence-corrected chi connectivity index (χ2v) is 8.21. The lowest BCUT2D eigenvalue weighted by Gasteiger charge is -2.29. The number of anilines is 1. The van der Waals surface area contributed by atoms with Crippen LogP contribution in [0.2, 0.25) is 0 Å². The van der Waals surface area contributed by atoms with Gasteiger partial charge in [0.2, 0.25) is 0 Å². The van der Waals surface area contributed by atoms with Gasteiger partial charge in [0.05, 0.1) is 23.6 Å². The summed E-state index contributed by atoms with van der Waals surface area (Å²) in [6.45, 7) is 0. The number of carbonyl (C=O) groups excluding carboxylic acids is 2. The molecule has 1 N–H and O–H groups in total. The molecule has 6 nitrogen and oxygen atoms in total. The van der Waals surface area contributed by atoms with Crippen LogP contribution in [0.15, 0.2) is 63.6 Å². The van der Waals surface area contributed by atoms with Gasteiger partial charge in [-0.2, -0.15) is 5.26 Å². The van der Waals surface area contributed by atoms with Gasteiger partial charge < -0.3 is 9.73 Å². The van der Waals surface area contributed by atoms with E-state index in [4.69, 9.17) is 4.42 Å². The summed E-state index contributed by atoms with van der Waals surface area (Å²) in [5.74, 6) is 0.595. The second-order valence-electron chi connectivity index (χ2n) is 7.29. The van der Waals surface area contributed by atoms with Crippen molar-refractivity contribution in [2.75, 3.05) is 5.32 Å². The predicted octanol–water partition coefficient (Wildman–Crippen LogP) is 5.26. The Bertz CT molecular complexity index is 1120. The highest BCUT2D eigenvalue weighted by Gasteiger charge is 2.37. The summed E-state index contributed by atoms with van der Waals surface area (Å²) in [6.07, 6.45) is 3.28. The van der Waals surface area contributed by atoms with Gasteiger partial charge in [0.15, 0.2) is 5.76 Å². The van der Waals surface area contributed by atoms with Crippen molar-refractivity contribution in [3.63, 3.8) is 0 Å².